The summed E-state index contributed by atoms with van der Waals surface area (Å²) in [7, 11) is 3.27. The van der Waals surface area contributed by atoms with Crippen molar-refractivity contribution in [2.75, 3.05) is 47.1 Å². The molecular formula is C27H30ClNO4. The Labute approximate surface area is 200 Å². The number of nitrogens with zero attached hydrogens (tertiary/aromatic N) is 1. The highest BCUT2D eigenvalue weighted by molar-refractivity contribution is 6.30. The summed E-state index contributed by atoms with van der Waals surface area (Å²) in [6.07, 6.45) is 0. The van der Waals surface area contributed by atoms with Crippen molar-refractivity contribution in [1.82, 2.24) is 4.90 Å². The standard InChI is InChI=1S/C27H30ClNO4/c1-31-23-13-9-21(10-14-23)27(30,24-5-3-4-6-26(24)32-2)25(19-29-15-17-33-18-16-29)20-7-11-22(28)12-8-20/h3-14,25,30H,15-19H2,1-2H3/t25-,27-/m0/s1. The molecule has 3 aromatic rings. The van der Waals surface area contributed by atoms with E-state index in [4.69, 9.17) is 25.8 Å². The predicted octanol–water partition coefficient (Wildman–Crippen LogP) is 4.71. The highest BCUT2D eigenvalue weighted by atomic mass is 35.5. The predicted molar refractivity (Wildman–Crippen MR) is 130 cm³/mol. The van der Waals surface area contributed by atoms with Gasteiger partial charge in [-0.3, -0.25) is 4.90 Å². The Morgan fingerprint density at radius 2 is 1.61 bits per heavy atom. The van der Waals surface area contributed by atoms with Gasteiger partial charge in [0.1, 0.15) is 17.1 Å². The van der Waals surface area contributed by atoms with Crippen molar-refractivity contribution >= 4 is 11.6 Å². The van der Waals surface area contributed by atoms with Gasteiger partial charge in [-0.25, -0.2) is 0 Å². The van der Waals surface area contributed by atoms with Crippen LogP contribution in [0.25, 0.3) is 0 Å². The lowest BCUT2D eigenvalue weighted by molar-refractivity contribution is -0.000149. The van der Waals surface area contributed by atoms with Crippen molar-refractivity contribution in [3.63, 3.8) is 0 Å². The zero-order chi connectivity index (χ0) is 23.3. The number of hydrogen-bond donors (Lipinski definition) is 1. The molecule has 33 heavy (non-hydrogen) atoms. The van der Waals surface area contributed by atoms with E-state index in [0.29, 0.717) is 36.1 Å². The summed E-state index contributed by atoms with van der Waals surface area (Å²) in [6.45, 7) is 3.64. The fourth-order valence-corrected chi connectivity index (χ4v) is 4.69. The maximum absolute atomic E-state index is 12.7. The SMILES string of the molecule is COc1ccc([C@](O)(c2ccccc2OC)[C@@H](CN2CCOCC2)c2ccc(Cl)cc2)cc1. The lowest BCUT2D eigenvalue weighted by Gasteiger charge is -2.41. The minimum absolute atomic E-state index is 0.294. The summed E-state index contributed by atoms with van der Waals surface area (Å²) >= 11 is 6.21. The minimum Gasteiger partial charge on any atom is -0.497 e. The van der Waals surface area contributed by atoms with Gasteiger partial charge in [-0.05, 0) is 41.5 Å². The summed E-state index contributed by atoms with van der Waals surface area (Å²) in [5, 5.41) is 13.4. The average molecular weight is 468 g/mol. The molecule has 174 valence electrons. The highest BCUT2D eigenvalue weighted by Gasteiger charge is 2.44. The van der Waals surface area contributed by atoms with Crippen molar-refractivity contribution in [1.29, 1.82) is 0 Å². The quantitative estimate of drug-likeness (QED) is 0.520. The van der Waals surface area contributed by atoms with Crippen LogP contribution in [0.2, 0.25) is 5.02 Å². The lowest BCUT2D eigenvalue weighted by Crippen LogP contribution is -2.45. The molecular weight excluding hydrogens is 438 g/mol. The molecule has 3 aromatic carbocycles. The third kappa shape index (κ3) is 5.02. The van der Waals surface area contributed by atoms with Crippen molar-refractivity contribution in [2.45, 2.75) is 11.5 Å². The third-order valence-corrected chi connectivity index (χ3v) is 6.62. The number of rotatable bonds is 8. The van der Waals surface area contributed by atoms with Crippen molar-refractivity contribution in [3.05, 3.63) is 94.5 Å². The van der Waals surface area contributed by atoms with Crippen molar-refractivity contribution in [3.8, 4) is 11.5 Å². The molecule has 0 spiro atoms. The average Bonchev–Trinajstić information content (AvgIpc) is 2.88. The van der Waals surface area contributed by atoms with Crippen LogP contribution in [0.1, 0.15) is 22.6 Å². The van der Waals surface area contributed by atoms with Gasteiger partial charge in [-0.15, -0.1) is 0 Å². The Balaban J connectivity index is 1.90. The van der Waals surface area contributed by atoms with Gasteiger partial charge in [-0.1, -0.05) is 54.1 Å². The molecule has 0 saturated carbocycles. The van der Waals surface area contributed by atoms with E-state index in [9.17, 15) is 5.11 Å². The molecule has 0 unspecified atom stereocenters. The molecule has 1 aliphatic heterocycles. The summed E-state index contributed by atoms with van der Waals surface area (Å²) in [5.74, 6) is 1.08. The van der Waals surface area contributed by atoms with Gasteiger partial charge in [-0.2, -0.15) is 0 Å². The van der Waals surface area contributed by atoms with Crippen molar-refractivity contribution in [2.24, 2.45) is 0 Å². The highest BCUT2D eigenvalue weighted by Crippen LogP contribution is 2.46. The van der Waals surface area contributed by atoms with E-state index in [-0.39, 0.29) is 5.92 Å². The first-order chi connectivity index (χ1) is 16.1. The third-order valence-electron chi connectivity index (χ3n) is 6.37. The molecule has 0 aromatic heterocycles. The number of ether oxygens (including phenoxy) is 3. The zero-order valence-electron chi connectivity index (χ0n) is 19.0. The number of hydrogen-bond acceptors (Lipinski definition) is 5. The molecule has 2 atom stereocenters. The van der Waals surface area contributed by atoms with Crippen LogP contribution < -0.4 is 9.47 Å². The van der Waals surface area contributed by atoms with E-state index in [0.717, 1.165) is 30.0 Å². The Kier molecular flexibility index (Phi) is 7.56. The van der Waals surface area contributed by atoms with Crippen LogP contribution in [0.3, 0.4) is 0 Å². The molecule has 0 bridgehead atoms. The Morgan fingerprint density at radius 3 is 2.24 bits per heavy atom. The maximum atomic E-state index is 12.7. The Morgan fingerprint density at radius 1 is 0.939 bits per heavy atom. The van der Waals surface area contributed by atoms with Gasteiger partial charge in [0.2, 0.25) is 0 Å². The molecule has 1 fully saturated rings. The molecule has 1 N–H and O–H groups in total. The van der Waals surface area contributed by atoms with Crippen LogP contribution in [0.5, 0.6) is 11.5 Å². The second-order valence-corrected chi connectivity index (χ2v) is 8.65. The summed E-state index contributed by atoms with van der Waals surface area (Å²) < 4.78 is 16.6. The molecule has 0 radical (unpaired) electrons. The fraction of sp³-hybridized carbons (Fsp3) is 0.333. The summed E-state index contributed by atoms with van der Waals surface area (Å²) in [6, 6.07) is 23.0. The van der Waals surface area contributed by atoms with Crippen LogP contribution in [0.4, 0.5) is 0 Å². The van der Waals surface area contributed by atoms with E-state index in [1.807, 2.05) is 72.8 Å². The normalized spacial score (nSPS) is 17.2. The number of para-hydroxylation sites is 1. The van der Waals surface area contributed by atoms with Gasteiger partial charge in [0.15, 0.2) is 0 Å². The van der Waals surface area contributed by atoms with Gasteiger partial charge < -0.3 is 19.3 Å². The molecule has 5 nitrogen and oxygen atoms in total. The van der Waals surface area contributed by atoms with Gasteiger partial charge in [0.05, 0.1) is 27.4 Å². The van der Waals surface area contributed by atoms with Crippen LogP contribution in [0, 0.1) is 0 Å². The summed E-state index contributed by atoms with van der Waals surface area (Å²) in [5.41, 5.74) is 1.10. The topological polar surface area (TPSA) is 51.2 Å². The van der Waals surface area contributed by atoms with Crippen molar-refractivity contribution < 1.29 is 19.3 Å². The smallest absolute Gasteiger partial charge is 0.126 e. The van der Waals surface area contributed by atoms with Crippen LogP contribution in [-0.2, 0) is 10.3 Å². The molecule has 6 heteroatoms. The van der Waals surface area contributed by atoms with E-state index in [2.05, 4.69) is 4.90 Å². The minimum atomic E-state index is -1.37. The number of morpholine rings is 1. The number of aliphatic hydroxyl groups is 1. The first-order valence-corrected chi connectivity index (χ1v) is 11.5. The van der Waals surface area contributed by atoms with Gasteiger partial charge >= 0.3 is 0 Å². The van der Waals surface area contributed by atoms with Gasteiger partial charge in [0, 0.05) is 36.1 Å². The molecule has 0 amide bonds. The molecule has 1 heterocycles. The van der Waals surface area contributed by atoms with Crippen LogP contribution in [0.15, 0.2) is 72.8 Å². The van der Waals surface area contributed by atoms with E-state index in [1.54, 1.807) is 14.2 Å². The second kappa shape index (κ2) is 10.6. The molecule has 4 rings (SSSR count). The molecule has 1 aliphatic rings. The summed E-state index contributed by atoms with van der Waals surface area (Å²) in [4.78, 5) is 2.34. The lowest BCUT2D eigenvalue weighted by atomic mass is 9.72. The number of benzene rings is 3. The first kappa shape index (κ1) is 23.6. The van der Waals surface area contributed by atoms with Crippen LogP contribution >= 0.6 is 11.6 Å². The number of methoxy groups -OCH3 is 2. The molecule has 1 saturated heterocycles. The largest absolute Gasteiger partial charge is 0.497 e. The monoisotopic (exact) mass is 467 g/mol. The second-order valence-electron chi connectivity index (χ2n) is 8.21. The van der Waals surface area contributed by atoms with Gasteiger partial charge in [0.25, 0.3) is 0 Å². The molecule has 0 aliphatic carbocycles. The zero-order valence-corrected chi connectivity index (χ0v) is 19.8. The van der Waals surface area contributed by atoms with E-state index in [1.165, 1.54) is 0 Å². The Bertz CT molecular complexity index is 1030. The first-order valence-electron chi connectivity index (χ1n) is 11.1. The maximum Gasteiger partial charge on any atom is 0.126 e. The van der Waals surface area contributed by atoms with E-state index < -0.39 is 5.60 Å². The Hall–Kier alpha value is -2.57. The van der Waals surface area contributed by atoms with E-state index >= 15 is 0 Å². The fourth-order valence-electron chi connectivity index (χ4n) is 4.56. The number of halogens is 1. The van der Waals surface area contributed by atoms with Crippen LogP contribution in [-0.4, -0.2) is 57.1 Å².